The summed E-state index contributed by atoms with van der Waals surface area (Å²) in [6.07, 6.45) is 1.26. The van der Waals surface area contributed by atoms with Crippen LogP contribution in [0.2, 0.25) is 5.02 Å². The lowest BCUT2D eigenvalue weighted by Crippen LogP contribution is -2.47. The second-order valence-corrected chi connectivity index (χ2v) is 9.96. The Balaban J connectivity index is 1.83. The van der Waals surface area contributed by atoms with Crippen LogP contribution in [0.15, 0.2) is 78.9 Å². The maximum Gasteiger partial charge on any atom is 0.253 e. The van der Waals surface area contributed by atoms with Crippen LogP contribution < -0.4 is 14.9 Å². The molecule has 0 saturated heterocycles. The smallest absolute Gasteiger partial charge is 0.253 e. The van der Waals surface area contributed by atoms with Crippen LogP contribution in [0.25, 0.3) is 0 Å². The van der Waals surface area contributed by atoms with Crippen molar-refractivity contribution in [2.24, 2.45) is 0 Å². The molecule has 0 aliphatic heterocycles. The van der Waals surface area contributed by atoms with E-state index in [1.165, 1.54) is 0 Å². The minimum absolute atomic E-state index is 0.212. The van der Waals surface area contributed by atoms with Gasteiger partial charge in [-0.05, 0) is 48.4 Å². The summed E-state index contributed by atoms with van der Waals surface area (Å²) < 4.78 is 26.3. The van der Waals surface area contributed by atoms with Crippen molar-refractivity contribution in [3.63, 3.8) is 0 Å². The van der Waals surface area contributed by atoms with Gasteiger partial charge in [-0.25, -0.2) is 8.42 Å². The van der Waals surface area contributed by atoms with Gasteiger partial charge in [0.05, 0.1) is 23.2 Å². The van der Waals surface area contributed by atoms with E-state index < -0.39 is 22.0 Å². The van der Waals surface area contributed by atoms with Crippen LogP contribution in [-0.4, -0.2) is 32.5 Å². The van der Waals surface area contributed by atoms with Crippen molar-refractivity contribution in [2.75, 3.05) is 15.9 Å². The van der Waals surface area contributed by atoms with Crippen molar-refractivity contribution in [3.05, 3.63) is 95.0 Å². The number of amides is 2. The van der Waals surface area contributed by atoms with Gasteiger partial charge in [0.1, 0.15) is 6.04 Å². The highest BCUT2D eigenvalue weighted by Crippen LogP contribution is 2.25. The fourth-order valence-corrected chi connectivity index (χ4v) is 4.87. The number of para-hydroxylation sites is 1. The first-order valence-electron chi connectivity index (χ1n) is 10.7. The maximum atomic E-state index is 13.3. The van der Waals surface area contributed by atoms with E-state index in [4.69, 9.17) is 11.6 Å². The van der Waals surface area contributed by atoms with Crippen molar-refractivity contribution in [3.8, 4) is 0 Å². The number of carbonyl (C=O) groups is 2. The molecular formula is C25H26ClN3O4S. The first kappa shape index (κ1) is 25.3. The number of hydrogen-bond acceptors (Lipinski definition) is 4. The summed E-state index contributed by atoms with van der Waals surface area (Å²) in [5, 5.41) is 6.03. The maximum absolute atomic E-state index is 13.3. The molecule has 0 bridgehead atoms. The third kappa shape index (κ3) is 6.36. The minimum atomic E-state index is -3.80. The molecule has 0 fully saturated rings. The summed E-state index contributed by atoms with van der Waals surface area (Å²) >= 11 is 5.94. The largest absolute Gasteiger partial charge is 0.348 e. The number of rotatable bonds is 9. The molecule has 9 heteroatoms. The SMILES string of the molecule is CCC(C(=O)Nc1ccccc1C(=O)NCc1ccccc1)N(c1ccc(Cl)cc1)S(C)(=O)=O. The average Bonchev–Trinajstić information content (AvgIpc) is 2.82. The average molecular weight is 500 g/mol. The van der Waals surface area contributed by atoms with Crippen LogP contribution in [0, 0.1) is 0 Å². The summed E-state index contributed by atoms with van der Waals surface area (Å²) in [5.74, 6) is -0.906. The molecule has 0 aliphatic carbocycles. The van der Waals surface area contributed by atoms with Crippen LogP contribution >= 0.6 is 11.6 Å². The fraction of sp³-hybridized carbons (Fsp3) is 0.200. The molecule has 1 unspecified atom stereocenters. The van der Waals surface area contributed by atoms with Gasteiger partial charge in [-0.1, -0.05) is 61.0 Å². The van der Waals surface area contributed by atoms with E-state index in [2.05, 4.69) is 10.6 Å². The monoisotopic (exact) mass is 499 g/mol. The summed E-state index contributed by atoms with van der Waals surface area (Å²) in [7, 11) is -3.80. The molecule has 178 valence electrons. The molecule has 7 nitrogen and oxygen atoms in total. The van der Waals surface area contributed by atoms with Crippen LogP contribution in [0.1, 0.15) is 29.3 Å². The van der Waals surface area contributed by atoms with Gasteiger partial charge in [0.2, 0.25) is 15.9 Å². The van der Waals surface area contributed by atoms with Crippen molar-refractivity contribution in [2.45, 2.75) is 25.9 Å². The van der Waals surface area contributed by atoms with Gasteiger partial charge in [-0.15, -0.1) is 0 Å². The Labute approximate surface area is 204 Å². The third-order valence-electron chi connectivity index (χ3n) is 5.14. The zero-order valence-electron chi connectivity index (χ0n) is 18.9. The Morgan fingerprint density at radius 3 is 2.18 bits per heavy atom. The van der Waals surface area contributed by atoms with E-state index in [1.54, 1.807) is 55.5 Å². The molecule has 0 aromatic heterocycles. The Hall–Kier alpha value is -3.36. The summed E-state index contributed by atoms with van der Waals surface area (Å²) in [5.41, 5.74) is 1.83. The number of carbonyl (C=O) groups excluding carboxylic acids is 2. The van der Waals surface area contributed by atoms with Gasteiger partial charge < -0.3 is 10.6 Å². The molecule has 3 aromatic carbocycles. The van der Waals surface area contributed by atoms with Crippen LogP contribution in [0.5, 0.6) is 0 Å². The van der Waals surface area contributed by atoms with Crippen LogP contribution in [0.3, 0.4) is 0 Å². The molecule has 2 N–H and O–H groups in total. The summed E-state index contributed by atoms with van der Waals surface area (Å²) in [4.78, 5) is 26.1. The molecule has 2 amide bonds. The van der Waals surface area contributed by atoms with Gasteiger partial charge in [0.25, 0.3) is 5.91 Å². The van der Waals surface area contributed by atoms with E-state index in [1.807, 2.05) is 30.3 Å². The Kier molecular flexibility index (Phi) is 8.31. The molecule has 0 spiro atoms. The van der Waals surface area contributed by atoms with E-state index in [0.717, 1.165) is 16.1 Å². The summed E-state index contributed by atoms with van der Waals surface area (Å²) in [6.45, 7) is 2.05. The number of sulfonamides is 1. The lowest BCUT2D eigenvalue weighted by Gasteiger charge is -2.30. The van der Waals surface area contributed by atoms with E-state index in [-0.39, 0.29) is 17.9 Å². The van der Waals surface area contributed by atoms with Crippen LogP contribution in [0.4, 0.5) is 11.4 Å². The van der Waals surface area contributed by atoms with Crippen molar-refractivity contribution in [1.82, 2.24) is 5.32 Å². The van der Waals surface area contributed by atoms with Gasteiger partial charge in [-0.2, -0.15) is 0 Å². The molecule has 0 radical (unpaired) electrons. The number of anilines is 2. The minimum Gasteiger partial charge on any atom is -0.348 e. The molecule has 34 heavy (non-hydrogen) atoms. The molecule has 0 aliphatic rings. The number of halogens is 1. The number of nitrogens with zero attached hydrogens (tertiary/aromatic N) is 1. The zero-order valence-corrected chi connectivity index (χ0v) is 20.4. The molecule has 1 atom stereocenters. The van der Waals surface area contributed by atoms with Crippen molar-refractivity contribution >= 4 is 44.8 Å². The van der Waals surface area contributed by atoms with E-state index in [9.17, 15) is 18.0 Å². The molecule has 3 rings (SSSR count). The highest BCUT2D eigenvalue weighted by Gasteiger charge is 2.32. The second kappa shape index (κ2) is 11.2. The third-order valence-corrected chi connectivity index (χ3v) is 6.57. The first-order valence-corrected chi connectivity index (χ1v) is 12.9. The van der Waals surface area contributed by atoms with Crippen molar-refractivity contribution in [1.29, 1.82) is 0 Å². The predicted molar refractivity (Wildman–Crippen MR) is 136 cm³/mol. The van der Waals surface area contributed by atoms with Crippen LogP contribution in [-0.2, 0) is 21.4 Å². The lowest BCUT2D eigenvalue weighted by atomic mass is 10.1. The highest BCUT2D eigenvalue weighted by atomic mass is 35.5. The Morgan fingerprint density at radius 1 is 0.941 bits per heavy atom. The van der Waals surface area contributed by atoms with Gasteiger partial charge in [0, 0.05) is 11.6 Å². The quantitative estimate of drug-likeness (QED) is 0.454. The van der Waals surface area contributed by atoms with Crippen molar-refractivity contribution < 1.29 is 18.0 Å². The molecule has 3 aromatic rings. The zero-order chi connectivity index (χ0) is 24.7. The number of nitrogens with one attached hydrogen (secondary N) is 2. The fourth-order valence-electron chi connectivity index (χ4n) is 3.53. The normalized spacial score (nSPS) is 12.0. The number of benzene rings is 3. The van der Waals surface area contributed by atoms with Gasteiger partial charge in [0.15, 0.2) is 0 Å². The molecule has 0 saturated carbocycles. The molecule has 0 heterocycles. The Morgan fingerprint density at radius 2 is 1.56 bits per heavy atom. The molecular weight excluding hydrogens is 474 g/mol. The van der Waals surface area contributed by atoms with E-state index in [0.29, 0.717) is 22.9 Å². The predicted octanol–water partition coefficient (Wildman–Crippen LogP) is 4.45. The standard InChI is InChI=1S/C25H26ClN3O4S/c1-3-23(29(34(2,32)33)20-15-13-19(26)14-16-20)25(31)28-22-12-8-7-11-21(22)24(30)27-17-18-9-5-4-6-10-18/h4-16,23H,3,17H2,1-2H3,(H,27,30)(H,28,31). The Bertz CT molecular complexity index is 1250. The first-order chi connectivity index (χ1) is 16.2. The van der Waals surface area contributed by atoms with E-state index >= 15 is 0 Å². The highest BCUT2D eigenvalue weighted by molar-refractivity contribution is 7.92. The topological polar surface area (TPSA) is 95.6 Å². The second-order valence-electron chi connectivity index (χ2n) is 7.66. The lowest BCUT2D eigenvalue weighted by molar-refractivity contribution is -0.117. The van der Waals surface area contributed by atoms with Gasteiger partial charge >= 0.3 is 0 Å². The number of hydrogen-bond donors (Lipinski definition) is 2. The van der Waals surface area contributed by atoms with Gasteiger partial charge in [-0.3, -0.25) is 13.9 Å². The summed E-state index contributed by atoms with van der Waals surface area (Å²) in [6, 6.07) is 21.2.